The molecular weight excluding hydrogens is 408 g/mol. The number of hydrogen-bond acceptors (Lipinski definition) is 9. The van der Waals surface area contributed by atoms with Crippen LogP contribution in [0.5, 0.6) is 0 Å². The molecule has 0 unspecified atom stereocenters. The zero-order chi connectivity index (χ0) is 21.7. The average molecular weight is 428 g/mol. The fourth-order valence-corrected chi connectivity index (χ4v) is 3.29. The summed E-state index contributed by atoms with van der Waals surface area (Å²) in [6.07, 6.45) is 2.81. The van der Waals surface area contributed by atoms with Gasteiger partial charge in [-0.05, 0) is 43.3 Å². The van der Waals surface area contributed by atoms with Crippen molar-refractivity contribution < 1.29 is 28.6 Å². The molecule has 1 N–H and O–H groups in total. The molecule has 8 nitrogen and oxygen atoms in total. The maximum Gasteiger partial charge on any atom is 0.350 e. The van der Waals surface area contributed by atoms with Crippen LogP contribution in [0.25, 0.3) is 0 Å². The van der Waals surface area contributed by atoms with Gasteiger partial charge in [0.05, 0.1) is 12.2 Å². The minimum absolute atomic E-state index is 0.215. The van der Waals surface area contributed by atoms with Crippen LogP contribution in [-0.2, 0) is 23.8 Å². The van der Waals surface area contributed by atoms with E-state index in [1.165, 1.54) is 31.8 Å². The monoisotopic (exact) mass is 428 g/mol. The Labute approximate surface area is 177 Å². The van der Waals surface area contributed by atoms with E-state index in [0.29, 0.717) is 22.9 Å². The Hall–Kier alpha value is -3.33. The highest BCUT2D eigenvalue weighted by Crippen LogP contribution is 2.28. The average Bonchev–Trinajstić information content (AvgIpc) is 2.68. The van der Waals surface area contributed by atoms with Crippen LogP contribution in [0.1, 0.15) is 31.1 Å². The number of ether oxygens (including phenoxy) is 3. The Kier molecular flexibility index (Phi) is 6.41. The lowest BCUT2D eigenvalue weighted by Crippen LogP contribution is -2.42. The minimum atomic E-state index is -1.27. The van der Waals surface area contributed by atoms with Crippen LogP contribution in [0.4, 0.5) is 5.69 Å². The van der Waals surface area contributed by atoms with Gasteiger partial charge in [0.1, 0.15) is 5.03 Å². The fourth-order valence-electron chi connectivity index (χ4n) is 2.48. The zero-order valence-corrected chi connectivity index (χ0v) is 17.4. The van der Waals surface area contributed by atoms with Crippen molar-refractivity contribution in [1.29, 1.82) is 0 Å². The van der Waals surface area contributed by atoms with Gasteiger partial charge in [-0.3, -0.25) is 0 Å². The first kappa shape index (κ1) is 21.4. The topological polar surface area (TPSA) is 104 Å². The van der Waals surface area contributed by atoms with Gasteiger partial charge in [0.15, 0.2) is 5.57 Å². The number of benzene rings is 1. The van der Waals surface area contributed by atoms with Crippen molar-refractivity contribution in [2.75, 3.05) is 11.9 Å². The third-order valence-electron chi connectivity index (χ3n) is 3.82. The molecular formula is C21H20N2O6S. The summed E-state index contributed by atoms with van der Waals surface area (Å²) in [7, 11) is 0. The number of nitrogens with zero attached hydrogens (tertiary/aromatic N) is 1. The summed E-state index contributed by atoms with van der Waals surface area (Å²) < 4.78 is 15.1. The molecule has 0 atom stereocenters. The second-order valence-electron chi connectivity index (χ2n) is 6.61. The van der Waals surface area contributed by atoms with Gasteiger partial charge >= 0.3 is 17.9 Å². The molecule has 0 saturated carbocycles. The molecule has 0 amide bonds. The van der Waals surface area contributed by atoms with E-state index in [9.17, 15) is 14.4 Å². The lowest BCUT2D eigenvalue weighted by atomic mass is 10.2. The van der Waals surface area contributed by atoms with Crippen molar-refractivity contribution in [2.45, 2.75) is 36.5 Å². The highest BCUT2D eigenvalue weighted by Gasteiger charge is 2.38. The van der Waals surface area contributed by atoms with E-state index in [0.717, 1.165) is 4.90 Å². The molecule has 156 valence electrons. The largest absolute Gasteiger partial charge is 0.462 e. The maximum atomic E-state index is 11.9. The van der Waals surface area contributed by atoms with Gasteiger partial charge in [0.2, 0.25) is 0 Å². The molecule has 1 aliphatic rings. The van der Waals surface area contributed by atoms with Gasteiger partial charge in [-0.25, -0.2) is 19.4 Å². The van der Waals surface area contributed by atoms with Crippen LogP contribution < -0.4 is 5.32 Å². The highest BCUT2D eigenvalue weighted by molar-refractivity contribution is 7.99. The number of carbonyl (C=O) groups excluding carboxylic acids is 3. The molecule has 1 aliphatic heterocycles. The molecule has 1 aromatic carbocycles. The first-order valence-electron chi connectivity index (χ1n) is 9.12. The lowest BCUT2D eigenvalue weighted by Gasteiger charge is -2.29. The van der Waals surface area contributed by atoms with Gasteiger partial charge in [-0.1, -0.05) is 11.8 Å². The molecule has 30 heavy (non-hydrogen) atoms. The Morgan fingerprint density at radius 2 is 1.83 bits per heavy atom. The normalized spacial score (nSPS) is 15.1. The number of esters is 3. The molecule has 2 aromatic rings. The molecule has 9 heteroatoms. The Bertz CT molecular complexity index is 979. The second kappa shape index (κ2) is 9.00. The number of aromatic nitrogens is 1. The summed E-state index contributed by atoms with van der Waals surface area (Å²) in [5, 5.41) is 3.53. The van der Waals surface area contributed by atoms with Crippen LogP contribution >= 0.6 is 11.8 Å². The summed E-state index contributed by atoms with van der Waals surface area (Å²) in [4.78, 5) is 40.9. The predicted octanol–water partition coefficient (Wildman–Crippen LogP) is 3.54. The number of hydrogen-bond donors (Lipinski definition) is 1. The molecule has 1 fully saturated rings. The molecule has 1 saturated heterocycles. The summed E-state index contributed by atoms with van der Waals surface area (Å²) in [6.45, 7) is 5.03. The third-order valence-corrected chi connectivity index (χ3v) is 4.76. The van der Waals surface area contributed by atoms with E-state index < -0.39 is 23.7 Å². The number of nitrogens with one attached hydrogen (secondary N) is 1. The van der Waals surface area contributed by atoms with E-state index in [4.69, 9.17) is 14.2 Å². The van der Waals surface area contributed by atoms with E-state index >= 15 is 0 Å². The van der Waals surface area contributed by atoms with Crippen molar-refractivity contribution in [3.8, 4) is 0 Å². The quantitative estimate of drug-likeness (QED) is 0.420. The smallest absolute Gasteiger partial charge is 0.350 e. The van der Waals surface area contributed by atoms with Crippen molar-refractivity contribution >= 4 is 35.4 Å². The van der Waals surface area contributed by atoms with Gasteiger partial charge in [0, 0.05) is 36.8 Å². The first-order chi connectivity index (χ1) is 14.3. The van der Waals surface area contributed by atoms with Crippen molar-refractivity contribution in [1.82, 2.24) is 4.98 Å². The van der Waals surface area contributed by atoms with E-state index in [1.54, 1.807) is 37.4 Å². The summed E-state index contributed by atoms with van der Waals surface area (Å²) in [5.41, 5.74) is 0.881. The third kappa shape index (κ3) is 5.38. The van der Waals surface area contributed by atoms with Crippen molar-refractivity contribution in [3.63, 3.8) is 0 Å². The SMILES string of the molecule is CCOC(=O)c1ccnc(Sc2ccc(NC=C3C(=O)OC(C)(C)OC3=O)cc2)c1. The van der Waals surface area contributed by atoms with Crippen LogP contribution in [0, 0.1) is 0 Å². The summed E-state index contributed by atoms with van der Waals surface area (Å²) >= 11 is 1.38. The van der Waals surface area contributed by atoms with E-state index in [1.807, 2.05) is 12.1 Å². The molecule has 0 bridgehead atoms. The number of cyclic esters (lactones) is 2. The molecule has 0 spiro atoms. The fraction of sp³-hybridized carbons (Fsp3) is 0.238. The lowest BCUT2D eigenvalue weighted by molar-refractivity contribution is -0.222. The second-order valence-corrected chi connectivity index (χ2v) is 7.70. The standard InChI is InChI=1S/C21H20N2O6S/c1-4-27-18(24)13-9-10-22-17(11-13)30-15-7-5-14(6-8-15)23-12-16-19(25)28-21(2,3)29-20(16)26/h5-12,23H,4H2,1-3H3. The van der Waals surface area contributed by atoms with Gasteiger partial charge in [-0.2, -0.15) is 0 Å². The van der Waals surface area contributed by atoms with E-state index in [2.05, 4.69) is 10.3 Å². The van der Waals surface area contributed by atoms with Crippen LogP contribution in [0.2, 0.25) is 0 Å². The number of anilines is 1. The molecule has 1 aromatic heterocycles. The first-order valence-corrected chi connectivity index (χ1v) is 9.93. The molecule has 3 rings (SSSR count). The number of pyridine rings is 1. The maximum absolute atomic E-state index is 11.9. The Balaban J connectivity index is 1.65. The number of rotatable bonds is 6. The van der Waals surface area contributed by atoms with E-state index in [-0.39, 0.29) is 5.57 Å². The number of carbonyl (C=O) groups is 3. The van der Waals surface area contributed by atoms with Crippen LogP contribution in [-0.4, -0.2) is 35.3 Å². The molecule has 0 aliphatic carbocycles. The van der Waals surface area contributed by atoms with Gasteiger partial charge < -0.3 is 19.5 Å². The molecule has 0 radical (unpaired) electrons. The molecule has 2 heterocycles. The summed E-state index contributed by atoms with van der Waals surface area (Å²) in [6, 6.07) is 10.5. The van der Waals surface area contributed by atoms with Crippen molar-refractivity contribution in [3.05, 3.63) is 59.9 Å². The van der Waals surface area contributed by atoms with Gasteiger partial charge in [-0.15, -0.1) is 0 Å². The highest BCUT2D eigenvalue weighted by atomic mass is 32.2. The van der Waals surface area contributed by atoms with Crippen molar-refractivity contribution in [2.24, 2.45) is 0 Å². The predicted molar refractivity (Wildman–Crippen MR) is 109 cm³/mol. The van der Waals surface area contributed by atoms with Crippen LogP contribution in [0.3, 0.4) is 0 Å². The summed E-state index contributed by atoms with van der Waals surface area (Å²) in [5.74, 6) is -3.16. The van der Waals surface area contributed by atoms with Crippen LogP contribution in [0.15, 0.2) is 64.3 Å². The minimum Gasteiger partial charge on any atom is -0.462 e. The van der Waals surface area contributed by atoms with Gasteiger partial charge in [0.25, 0.3) is 5.79 Å². The Morgan fingerprint density at radius 3 is 2.47 bits per heavy atom. The zero-order valence-electron chi connectivity index (χ0n) is 16.6. The Morgan fingerprint density at radius 1 is 1.17 bits per heavy atom.